The van der Waals surface area contributed by atoms with E-state index in [4.69, 9.17) is 17.3 Å². The van der Waals surface area contributed by atoms with E-state index in [9.17, 15) is 13.2 Å². The largest absolute Gasteiger partial charge is 0.398 e. The Hall–Kier alpha value is -2.25. The lowest BCUT2D eigenvalue weighted by Gasteiger charge is -2.12. The molecule has 8 heteroatoms. The summed E-state index contributed by atoms with van der Waals surface area (Å²) in [6.45, 7) is 1.33. The van der Waals surface area contributed by atoms with Gasteiger partial charge < -0.3 is 11.1 Å². The fraction of sp³-hybridized carbons (Fsp3) is 0.0714. The van der Waals surface area contributed by atoms with E-state index in [1.807, 2.05) is 0 Å². The lowest BCUT2D eigenvalue weighted by molar-refractivity contribution is -0.114. The SMILES string of the molecule is CC(=O)Nc1ccc(N)c(S(=O)(=O)Nc2ccccc2Cl)c1. The number of rotatable bonds is 4. The van der Waals surface area contributed by atoms with Crippen LogP contribution in [0.4, 0.5) is 17.1 Å². The van der Waals surface area contributed by atoms with Crippen LogP contribution >= 0.6 is 11.6 Å². The third-order valence-electron chi connectivity index (χ3n) is 2.74. The minimum absolute atomic E-state index is 0.0636. The zero-order chi connectivity index (χ0) is 16.3. The molecule has 0 aliphatic carbocycles. The Morgan fingerprint density at radius 3 is 2.50 bits per heavy atom. The average Bonchev–Trinajstić information content (AvgIpc) is 2.42. The first-order valence-corrected chi connectivity index (χ1v) is 8.10. The molecule has 0 bridgehead atoms. The summed E-state index contributed by atoms with van der Waals surface area (Å²) in [6, 6.07) is 10.7. The number of para-hydroxylation sites is 1. The van der Waals surface area contributed by atoms with Crippen LogP contribution in [0.5, 0.6) is 0 Å². The molecule has 0 atom stereocenters. The smallest absolute Gasteiger partial charge is 0.264 e. The molecule has 2 rings (SSSR count). The maximum absolute atomic E-state index is 12.5. The second-order valence-corrected chi connectivity index (χ2v) is 6.58. The quantitative estimate of drug-likeness (QED) is 0.745. The number of hydrogen-bond donors (Lipinski definition) is 3. The number of hydrogen-bond acceptors (Lipinski definition) is 4. The van der Waals surface area contributed by atoms with Gasteiger partial charge in [-0.1, -0.05) is 23.7 Å². The minimum Gasteiger partial charge on any atom is -0.398 e. The summed E-state index contributed by atoms with van der Waals surface area (Å²) >= 11 is 5.94. The van der Waals surface area contributed by atoms with Crippen LogP contribution in [0.15, 0.2) is 47.4 Å². The number of nitrogens with two attached hydrogens (primary N) is 1. The Morgan fingerprint density at radius 1 is 1.18 bits per heavy atom. The molecule has 0 radical (unpaired) electrons. The molecular formula is C14H14ClN3O3S. The predicted octanol–water partition coefficient (Wildman–Crippen LogP) is 2.68. The van der Waals surface area contributed by atoms with Crippen molar-refractivity contribution in [2.24, 2.45) is 0 Å². The first-order valence-electron chi connectivity index (χ1n) is 6.24. The van der Waals surface area contributed by atoms with Gasteiger partial charge in [0.25, 0.3) is 10.0 Å². The lowest BCUT2D eigenvalue weighted by Crippen LogP contribution is -2.16. The molecule has 22 heavy (non-hydrogen) atoms. The first-order chi connectivity index (χ1) is 10.3. The van der Waals surface area contributed by atoms with Crippen LogP contribution < -0.4 is 15.8 Å². The van der Waals surface area contributed by atoms with E-state index < -0.39 is 10.0 Å². The number of amides is 1. The summed E-state index contributed by atoms with van der Waals surface area (Å²) in [4.78, 5) is 10.9. The van der Waals surface area contributed by atoms with Crippen LogP contribution in [-0.4, -0.2) is 14.3 Å². The van der Waals surface area contributed by atoms with Crippen LogP contribution in [-0.2, 0) is 14.8 Å². The van der Waals surface area contributed by atoms with Gasteiger partial charge in [0.05, 0.1) is 16.4 Å². The number of nitrogen functional groups attached to an aromatic ring is 1. The fourth-order valence-electron chi connectivity index (χ4n) is 1.79. The van der Waals surface area contributed by atoms with E-state index in [2.05, 4.69) is 10.0 Å². The Kier molecular flexibility index (Phi) is 4.58. The molecule has 0 saturated carbocycles. The van der Waals surface area contributed by atoms with Crippen molar-refractivity contribution in [1.82, 2.24) is 0 Å². The highest BCUT2D eigenvalue weighted by Crippen LogP contribution is 2.28. The number of carbonyl (C=O) groups is 1. The maximum Gasteiger partial charge on any atom is 0.264 e. The van der Waals surface area contributed by atoms with E-state index in [1.165, 1.54) is 31.2 Å². The number of halogens is 1. The van der Waals surface area contributed by atoms with Crippen LogP contribution in [0.1, 0.15) is 6.92 Å². The second kappa shape index (κ2) is 6.25. The van der Waals surface area contributed by atoms with Crippen molar-refractivity contribution in [3.8, 4) is 0 Å². The number of nitrogens with one attached hydrogen (secondary N) is 2. The zero-order valence-corrected chi connectivity index (χ0v) is 13.2. The van der Waals surface area contributed by atoms with Crippen LogP contribution in [0.3, 0.4) is 0 Å². The van der Waals surface area contributed by atoms with Gasteiger partial charge in [0.15, 0.2) is 0 Å². The van der Waals surface area contributed by atoms with Gasteiger partial charge in [-0.3, -0.25) is 9.52 Å². The number of benzene rings is 2. The van der Waals surface area contributed by atoms with E-state index in [0.717, 1.165) is 0 Å². The fourth-order valence-corrected chi connectivity index (χ4v) is 3.27. The number of sulfonamides is 1. The maximum atomic E-state index is 12.5. The van der Waals surface area contributed by atoms with Gasteiger partial charge in [-0.05, 0) is 30.3 Å². The van der Waals surface area contributed by atoms with Crippen molar-refractivity contribution in [2.45, 2.75) is 11.8 Å². The van der Waals surface area contributed by atoms with Gasteiger partial charge in [0.1, 0.15) is 4.90 Å². The van der Waals surface area contributed by atoms with Crippen molar-refractivity contribution in [1.29, 1.82) is 0 Å². The normalized spacial score (nSPS) is 11.0. The van der Waals surface area contributed by atoms with E-state index in [-0.39, 0.29) is 27.2 Å². The molecule has 0 aromatic heterocycles. The van der Waals surface area contributed by atoms with E-state index in [1.54, 1.807) is 18.2 Å². The van der Waals surface area contributed by atoms with E-state index >= 15 is 0 Å². The third-order valence-corrected chi connectivity index (χ3v) is 4.49. The molecule has 4 N–H and O–H groups in total. The van der Waals surface area contributed by atoms with Crippen molar-refractivity contribution >= 4 is 44.6 Å². The summed E-state index contributed by atoms with van der Waals surface area (Å²) in [5.74, 6) is -0.313. The Morgan fingerprint density at radius 2 is 1.86 bits per heavy atom. The molecule has 0 saturated heterocycles. The highest BCUT2D eigenvalue weighted by molar-refractivity contribution is 7.93. The van der Waals surface area contributed by atoms with Crippen molar-refractivity contribution in [3.63, 3.8) is 0 Å². The van der Waals surface area contributed by atoms with E-state index in [0.29, 0.717) is 5.69 Å². The van der Waals surface area contributed by atoms with Gasteiger partial charge in [0.2, 0.25) is 5.91 Å². The molecule has 2 aromatic carbocycles. The summed E-state index contributed by atoms with van der Waals surface area (Å²) < 4.78 is 27.3. The van der Waals surface area contributed by atoms with Gasteiger partial charge in [-0.15, -0.1) is 0 Å². The Bertz CT molecular complexity index is 822. The monoisotopic (exact) mass is 339 g/mol. The number of anilines is 3. The zero-order valence-electron chi connectivity index (χ0n) is 11.6. The highest BCUT2D eigenvalue weighted by atomic mass is 35.5. The van der Waals surface area contributed by atoms with Crippen molar-refractivity contribution < 1.29 is 13.2 Å². The Balaban J connectivity index is 2.41. The Labute approximate surface area is 133 Å². The van der Waals surface area contributed by atoms with Gasteiger partial charge in [0, 0.05) is 12.6 Å². The molecule has 0 aliphatic rings. The lowest BCUT2D eigenvalue weighted by atomic mass is 10.3. The summed E-state index contributed by atoms with van der Waals surface area (Å²) in [6.07, 6.45) is 0. The second-order valence-electron chi connectivity index (χ2n) is 4.52. The van der Waals surface area contributed by atoms with Gasteiger partial charge in [-0.25, -0.2) is 8.42 Å². The van der Waals surface area contributed by atoms with Crippen LogP contribution in [0.2, 0.25) is 5.02 Å². The molecule has 1 amide bonds. The molecule has 0 fully saturated rings. The van der Waals surface area contributed by atoms with Crippen LogP contribution in [0, 0.1) is 0 Å². The summed E-state index contributed by atoms with van der Waals surface area (Å²) in [5.41, 5.74) is 6.38. The van der Waals surface area contributed by atoms with Gasteiger partial charge in [-0.2, -0.15) is 0 Å². The molecule has 6 nitrogen and oxygen atoms in total. The summed E-state index contributed by atoms with van der Waals surface area (Å²) in [7, 11) is -3.94. The summed E-state index contributed by atoms with van der Waals surface area (Å²) in [5, 5.41) is 2.77. The minimum atomic E-state index is -3.94. The van der Waals surface area contributed by atoms with Crippen LogP contribution in [0.25, 0.3) is 0 Å². The topological polar surface area (TPSA) is 101 Å². The predicted molar refractivity (Wildman–Crippen MR) is 87.4 cm³/mol. The van der Waals surface area contributed by atoms with Gasteiger partial charge >= 0.3 is 0 Å². The highest BCUT2D eigenvalue weighted by Gasteiger charge is 2.19. The molecule has 0 spiro atoms. The van der Waals surface area contributed by atoms with Crippen molar-refractivity contribution in [2.75, 3.05) is 15.8 Å². The average molecular weight is 340 g/mol. The molecule has 0 aliphatic heterocycles. The van der Waals surface area contributed by atoms with Crippen molar-refractivity contribution in [3.05, 3.63) is 47.5 Å². The molecule has 116 valence electrons. The standard InChI is InChI=1S/C14H14ClN3O3S/c1-9(19)17-10-6-7-12(16)14(8-10)22(20,21)18-13-5-3-2-4-11(13)15/h2-8,18H,16H2,1H3,(H,17,19). The third kappa shape index (κ3) is 3.69. The molecule has 0 unspecified atom stereocenters. The molecule has 0 heterocycles. The first kappa shape index (κ1) is 16.1. The number of carbonyl (C=O) groups excluding carboxylic acids is 1. The molecular weight excluding hydrogens is 326 g/mol. The molecule has 2 aromatic rings.